The lowest BCUT2D eigenvalue weighted by molar-refractivity contribution is 0.0204. The molecule has 0 bridgehead atoms. The summed E-state index contributed by atoms with van der Waals surface area (Å²) in [6.07, 6.45) is 3.21. The van der Waals surface area contributed by atoms with E-state index in [1.165, 1.54) is 0 Å². The minimum absolute atomic E-state index is 0.0584. The number of aromatic nitrogens is 1. The van der Waals surface area contributed by atoms with E-state index in [4.69, 9.17) is 9.15 Å². The molecular weight excluding hydrogens is 268 g/mol. The Morgan fingerprint density at radius 3 is 2.52 bits per heavy atom. The van der Waals surface area contributed by atoms with Gasteiger partial charge in [-0.15, -0.1) is 0 Å². The number of likely N-dealkylation sites (tertiary alicyclic amines) is 1. The predicted octanol–water partition coefficient (Wildman–Crippen LogP) is 4.04. The second-order valence-corrected chi connectivity index (χ2v) is 7.65. The number of amides is 1. The van der Waals surface area contributed by atoms with Crippen molar-refractivity contribution in [1.29, 1.82) is 0 Å². The molecule has 1 aliphatic heterocycles. The first-order valence-electron chi connectivity index (χ1n) is 7.53. The summed E-state index contributed by atoms with van der Waals surface area (Å²) in [7, 11) is 0. The van der Waals surface area contributed by atoms with Crippen molar-refractivity contribution in [3.8, 4) is 0 Å². The molecule has 1 amide bonds. The molecule has 0 spiro atoms. The topological polar surface area (TPSA) is 55.6 Å². The molecule has 1 aliphatic rings. The average molecular weight is 294 g/mol. The van der Waals surface area contributed by atoms with Crippen LogP contribution in [0.3, 0.4) is 0 Å². The maximum atomic E-state index is 12.3. The van der Waals surface area contributed by atoms with E-state index >= 15 is 0 Å². The minimum Gasteiger partial charge on any atom is -0.446 e. The molecule has 1 aromatic rings. The van der Waals surface area contributed by atoms with Crippen molar-refractivity contribution in [2.75, 3.05) is 6.54 Å². The quantitative estimate of drug-likeness (QED) is 0.784. The zero-order valence-corrected chi connectivity index (χ0v) is 13.9. The number of carbonyl (C=O) groups is 1. The number of rotatable bonds is 1. The molecule has 118 valence electrons. The summed E-state index contributed by atoms with van der Waals surface area (Å²) in [5.41, 5.74) is 0.364. The maximum absolute atomic E-state index is 12.3. The van der Waals surface area contributed by atoms with Crippen molar-refractivity contribution >= 4 is 6.09 Å². The average Bonchev–Trinajstić information content (AvgIpc) is 2.94. The molecule has 1 unspecified atom stereocenters. The summed E-state index contributed by atoms with van der Waals surface area (Å²) in [6, 6.07) is -0.115. The van der Waals surface area contributed by atoms with E-state index in [0.29, 0.717) is 12.4 Å². The van der Waals surface area contributed by atoms with Crippen molar-refractivity contribution < 1.29 is 13.9 Å². The van der Waals surface area contributed by atoms with E-state index in [0.717, 1.165) is 18.5 Å². The van der Waals surface area contributed by atoms with Crippen LogP contribution in [0.4, 0.5) is 4.79 Å². The van der Waals surface area contributed by atoms with E-state index in [9.17, 15) is 4.79 Å². The Kier molecular flexibility index (Phi) is 4.04. The number of hydrogen-bond acceptors (Lipinski definition) is 4. The van der Waals surface area contributed by atoms with Gasteiger partial charge in [-0.1, -0.05) is 20.8 Å². The van der Waals surface area contributed by atoms with Gasteiger partial charge in [-0.2, -0.15) is 0 Å². The fourth-order valence-corrected chi connectivity index (χ4v) is 2.35. The highest BCUT2D eigenvalue weighted by atomic mass is 16.6. The molecular formula is C16H26N2O3. The SMILES string of the molecule is CC(C)(C)OC(=O)N1CCCC1c1nc(C(C)(C)C)co1. The van der Waals surface area contributed by atoms with E-state index < -0.39 is 5.60 Å². The van der Waals surface area contributed by atoms with Crippen LogP contribution in [0.2, 0.25) is 0 Å². The highest BCUT2D eigenvalue weighted by molar-refractivity contribution is 5.69. The monoisotopic (exact) mass is 294 g/mol. The summed E-state index contributed by atoms with van der Waals surface area (Å²) in [6.45, 7) is 12.6. The van der Waals surface area contributed by atoms with Crippen LogP contribution in [0.25, 0.3) is 0 Å². The Hall–Kier alpha value is -1.52. The van der Waals surface area contributed by atoms with Crippen molar-refractivity contribution in [3.05, 3.63) is 17.8 Å². The number of ether oxygens (including phenoxy) is 1. The first-order chi connectivity index (χ1) is 9.58. The van der Waals surface area contributed by atoms with Crippen molar-refractivity contribution in [2.45, 2.75) is 71.4 Å². The molecule has 0 radical (unpaired) electrons. The van der Waals surface area contributed by atoms with Crippen LogP contribution in [-0.4, -0.2) is 28.1 Å². The molecule has 1 aromatic heterocycles. The highest BCUT2D eigenvalue weighted by Crippen LogP contribution is 2.34. The van der Waals surface area contributed by atoms with Gasteiger partial charge in [-0.3, -0.25) is 4.90 Å². The minimum atomic E-state index is -0.489. The first kappa shape index (κ1) is 15.9. The van der Waals surface area contributed by atoms with Gasteiger partial charge in [0.25, 0.3) is 0 Å². The number of hydrogen-bond donors (Lipinski definition) is 0. The van der Waals surface area contributed by atoms with E-state index in [1.54, 1.807) is 11.2 Å². The number of nitrogens with zero attached hydrogens (tertiary/aromatic N) is 2. The fourth-order valence-electron chi connectivity index (χ4n) is 2.35. The molecule has 2 rings (SSSR count). The molecule has 0 aliphatic carbocycles. The maximum Gasteiger partial charge on any atom is 0.410 e. The van der Waals surface area contributed by atoms with Crippen LogP contribution >= 0.6 is 0 Å². The molecule has 2 heterocycles. The second-order valence-electron chi connectivity index (χ2n) is 7.65. The number of carbonyl (C=O) groups excluding carboxylic acids is 1. The van der Waals surface area contributed by atoms with Crippen LogP contribution in [0, 0.1) is 0 Å². The fraction of sp³-hybridized carbons (Fsp3) is 0.750. The van der Waals surface area contributed by atoms with Gasteiger partial charge in [0.15, 0.2) is 0 Å². The van der Waals surface area contributed by atoms with Crippen molar-refractivity contribution in [2.24, 2.45) is 0 Å². The Labute approximate surface area is 126 Å². The Balaban J connectivity index is 2.15. The summed E-state index contributed by atoms with van der Waals surface area (Å²) in [5, 5.41) is 0. The van der Waals surface area contributed by atoms with Gasteiger partial charge in [-0.25, -0.2) is 9.78 Å². The van der Waals surface area contributed by atoms with Gasteiger partial charge >= 0.3 is 6.09 Å². The molecule has 5 nitrogen and oxygen atoms in total. The summed E-state index contributed by atoms with van der Waals surface area (Å²) in [5.74, 6) is 0.614. The summed E-state index contributed by atoms with van der Waals surface area (Å²) < 4.78 is 11.1. The Morgan fingerprint density at radius 1 is 1.33 bits per heavy atom. The van der Waals surface area contributed by atoms with Crippen molar-refractivity contribution in [3.63, 3.8) is 0 Å². The van der Waals surface area contributed by atoms with Gasteiger partial charge in [0.1, 0.15) is 17.9 Å². The molecule has 21 heavy (non-hydrogen) atoms. The van der Waals surface area contributed by atoms with Crippen LogP contribution in [0.1, 0.15) is 72.0 Å². The molecule has 1 atom stereocenters. The van der Waals surface area contributed by atoms with Gasteiger partial charge in [0, 0.05) is 12.0 Å². The molecule has 1 fully saturated rings. The first-order valence-corrected chi connectivity index (χ1v) is 7.53. The largest absolute Gasteiger partial charge is 0.446 e. The third-order valence-corrected chi connectivity index (χ3v) is 3.46. The highest BCUT2D eigenvalue weighted by Gasteiger charge is 2.36. The van der Waals surface area contributed by atoms with Gasteiger partial charge in [0.05, 0.1) is 5.69 Å². The van der Waals surface area contributed by atoms with Crippen LogP contribution in [0.5, 0.6) is 0 Å². The normalized spacial score (nSPS) is 19.9. The van der Waals surface area contributed by atoms with E-state index in [2.05, 4.69) is 25.8 Å². The predicted molar refractivity (Wildman–Crippen MR) is 80.1 cm³/mol. The molecule has 1 saturated heterocycles. The smallest absolute Gasteiger partial charge is 0.410 e. The van der Waals surface area contributed by atoms with Gasteiger partial charge in [-0.05, 0) is 33.6 Å². The lowest BCUT2D eigenvalue weighted by atomic mass is 9.93. The zero-order chi connectivity index (χ0) is 15.8. The lowest BCUT2D eigenvalue weighted by Gasteiger charge is -2.27. The standard InChI is InChI=1S/C16H26N2O3/c1-15(2,3)12-10-20-13(17-12)11-8-7-9-18(11)14(19)21-16(4,5)6/h10-11H,7-9H2,1-6H3. The second kappa shape index (κ2) is 5.35. The third-order valence-electron chi connectivity index (χ3n) is 3.46. The van der Waals surface area contributed by atoms with Crippen molar-refractivity contribution in [1.82, 2.24) is 9.88 Å². The number of oxazole rings is 1. The lowest BCUT2D eigenvalue weighted by Crippen LogP contribution is -2.36. The van der Waals surface area contributed by atoms with Crippen LogP contribution in [-0.2, 0) is 10.2 Å². The van der Waals surface area contributed by atoms with Gasteiger partial charge < -0.3 is 9.15 Å². The molecule has 5 heteroatoms. The summed E-state index contributed by atoms with van der Waals surface area (Å²) >= 11 is 0. The molecule has 0 saturated carbocycles. The van der Waals surface area contributed by atoms with E-state index in [-0.39, 0.29) is 17.6 Å². The Bertz CT molecular complexity index is 508. The molecule has 0 aromatic carbocycles. The van der Waals surface area contributed by atoms with Crippen LogP contribution in [0.15, 0.2) is 10.7 Å². The van der Waals surface area contributed by atoms with E-state index in [1.807, 2.05) is 20.8 Å². The van der Waals surface area contributed by atoms with Gasteiger partial charge in [0.2, 0.25) is 5.89 Å². The third kappa shape index (κ3) is 3.77. The Morgan fingerprint density at radius 2 is 2.00 bits per heavy atom. The molecule has 0 N–H and O–H groups in total. The zero-order valence-electron chi connectivity index (χ0n) is 13.9. The summed E-state index contributed by atoms with van der Waals surface area (Å²) in [4.78, 5) is 18.6. The van der Waals surface area contributed by atoms with Crippen LogP contribution < -0.4 is 0 Å².